The Balaban J connectivity index is 0.00000220. The molecule has 7 nitrogen and oxygen atoms in total. The molecule has 1 aromatic carbocycles. The second kappa shape index (κ2) is 7.82. The van der Waals surface area contributed by atoms with Gasteiger partial charge in [-0.15, -0.1) is 12.4 Å². The zero-order valence-corrected chi connectivity index (χ0v) is 12.8. The zero-order valence-electron chi connectivity index (χ0n) is 11.9. The number of benzene rings is 1. The number of aromatic nitrogens is 2. The largest absolute Gasteiger partial charge is 0.504 e. The van der Waals surface area contributed by atoms with Gasteiger partial charge in [0.2, 0.25) is 5.89 Å². The molecule has 0 fully saturated rings. The van der Waals surface area contributed by atoms with E-state index in [1.807, 2.05) is 18.0 Å². The molecule has 0 aliphatic carbocycles. The van der Waals surface area contributed by atoms with Gasteiger partial charge in [0.25, 0.3) is 0 Å². The molecule has 0 bridgehead atoms. The molecule has 0 unspecified atom stereocenters. The van der Waals surface area contributed by atoms with Crippen molar-refractivity contribution >= 4 is 12.4 Å². The summed E-state index contributed by atoms with van der Waals surface area (Å²) in [6.07, 6.45) is 0. The summed E-state index contributed by atoms with van der Waals surface area (Å²) in [6.45, 7) is 1.46. The summed E-state index contributed by atoms with van der Waals surface area (Å²) in [4.78, 5) is 6.17. The van der Waals surface area contributed by atoms with Crippen LogP contribution in [0.3, 0.4) is 0 Å². The van der Waals surface area contributed by atoms with E-state index in [-0.39, 0.29) is 24.7 Å². The van der Waals surface area contributed by atoms with Gasteiger partial charge < -0.3 is 20.1 Å². The van der Waals surface area contributed by atoms with Crippen LogP contribution in [0.4, 0.5) is 0 Å². The lowest BCUT2D eigenvalue weighted by Gasteiger charge is -2.15. The van der Waals surface area contributed by atoms with Crippen LogP contribution >= 0.6 is 12.4 Å². The summed E-state index contributed by atoms with van der Waals surface area (Å²) >= 11 is 0. The van der Waals surface area contributed by atoms with Crippen molar-refractivity contribution in [3.05, 3.63) is 35.5 Å². The third-order valence-corrected chi connectivity index (χ3v) is 2.79. The lowest BCUT2D eigenvalue weighted by molar-refractivity contribution is 0.298. The van der Waals surface area contributed by atoms with Crippen molar-refractivity contribution in [2.75, 3.05) is 14.2 Å². The normalized spacial score (nSPS) is 10.5. The molecule has 3 N–H and O–H groups in total. The first-order valence-corrected chi connectivity index (χ1v) is 6.18. The molecule has 2 rings (SSSR count). The van der Waals surface area contributed by atoms with Gasteiger partial charge in [-0.25, -0.2) is 0 Å². The summed E-state index contributed by atoms with van der Waals surface area (Å²) < 4.78 is 10.0. The summed E-state index contributed by atoms with van der Waals surface area (Å²) in [5.74, 6) is 1.61. The monoisotopic (exact) mass is 314 g/mol. The summed E-state index contributed by atoms with van der Waals surface area (Å²) in [5.41, 5.74) is 6.43. The van der Waals surface area contributed by atoms with Crippen LogP contribution in [0.15, 0.2) is 22.7 Å². The van der Waals surface area contributed by atoms with E-state index in [0.29, 0.717) is 30.6 Å². The third-order valence-electron chi connectivity index (χ3n) is 2.79. The fraction of sp³-hybridized carbons (Fsp3) is 0.385. The first kappa shape index (κ1) is 17.2. The minimum absolute atomic E-state index is 0. The number of hydrogen-bond acceptors (Lipinski definition) is 7. The lowest BCUT2D eigenvalue weighted by Crippen LogP contribution is -2.18. The van der Waals surface area contributed by atoms with Gasteiger partial charge in [0, 0.05) is 6.54 Å². The highest BCUT2D eigenvalue weighted by molar-refractivity contribution is 5.85. The van der Waals surface area contributed by atoms with Crippen LogP contribution in [0.25, 0.3) is 0 Å². The van der Waals surface area contributed by atoms with E-state index < -0.39 is 0 Å². The van der Waals surface area contributed by atoms with Gasteiger partial charge in [-0.3, -0.25) is 4.90 Å². The maximum absolute atomic E-state index is 9.55. The van der Waals surface area contributed by atoms with Gasteiger partial charge in [-0.2, -0.15) is 4.98 Å². The van der Waals surface area contributed by atoms with Gasteiger partial charge in [0.15, 0.2) is 17.3 Å². The minimum Gasteiger partial charge on any atom is -0.504 e. The zero-order chi connectivity index (χ0) is 14.5. The van der Waals surface area contributed by atoms with Crippen LogP contribution in [0.2, 0.25) is 0 Å². The van der Waals surface area contributed by atoms with Gasteiger partial charge in [-0.1, -0.05) is 11.2 Å². The quantitative estimate of drug-likeness (QED) is 0.829. The summed E-state index contributed by atoms with van der Waals surface area (Å²) in [5, 5.41) is 13.4. The first-order chi connectivity index (χ1) is 9.62. The van der Waals surface area contributed by atoms with Crippen molar-refractivity contribution in [2.24, 2.45) is 5.73 Å². The fourth-order valence-electron chi connectivity index (χ4n) is 1.87. The number of aromatic hydroxyl groups is 1. The fourth-order valence-corrected chi connectivity index (χ4v) is 1.87. The average molecular weight is 315 g/mol. The molecule has 0 atom stereocenters. The molecule has 0 aliphatic heterocycles. The number of rotatable bonds is 6. The van der Waals surface area contributed by atoms with E-state index in [0.717, 1.165) is 5.56 Å². The van der Waals surface area contributed by atoms with Crippen LogP contribution in [-0.2, 0) is 19.6 Å². The molecule has 0 aliphatic rings. The molecule has 0 saturated heterocycles. The molecule has 0 spiro atoms. The molecule has 2 aromatic rings. The van der Waals surface area contributed by atoms with Gasteiger partial charge >= 0.3 is 0 Å². The number of phenols is 1. The van der Waals surface area contributed by atoms with Crippen LogP contribution in [0.5, 0.6) is 11.5 Å². The molecule has 116 valence electrons. The highest BCUT2D eigenvalue weighted by Crippen LogP contribution is 2.26. The lowest BCUT2D eigenvalue weighted by atomic mass is 10.2. The minimum atomic E-state index is 0. The predicted molar refractivity (Wildman–Crippen MR) is 79.3 cm³/mol. The Morgan fingerprint density at radius 1 is 1.38 bits per heavy atom. The van der Waals surface area contributed by atoms with Crippen LogP contribution in [0, 0.1) is 0 Å². The number of methoxy groups -OCH3 is 1. The second-order valence-electron chi connectivity index (χ2n) is 4.49. The molecule has 0 saturated carbocycles. The Morgan fingerprint density at radius 3 is 2.76 bits per heavy atom. The standard InChI is InChI=1S/C13H18N4O3.ClH/c1-17(8-12-15-13(6-14)20-16-12)7-9-3-4-10(18)11(5-9)19-2;/h3-5,18H,6-8,14H2,1-2H3;1H. The Kier molecular flexibility index (Phi) is 6.41. The Labute approximate surface area is 129 Å². The van der Waals surface area contributed by atoms with Crippen LogP contribution in [0.1, 0.15) is 17.3 Å². The van der Waals surface area contributed by atoms with Crippen molar-refractivity contribution in [1.29, 1.82) is 0 Å². The highest BCUT2D eigenvalue weighted by atomic mass is 35.5. The second-order valence-corrected chi connectivity index (χ2v) is 4.49. The van der Waals surface area contributed by atoms with Crippen molar-refractivity contribution in [1.82, 2.24) is 15.0 Å². The van der Waals surface area contributed by atoms with Crippen LogP contribution in [-0.4, -0.2) is 34.3 Å². The van der Waals surface area contributed by atoms with E-state index in [2.05, 4.69) is 10.1 Å². The molecular formula is C13H19ClN4O3. The number of nitrogens with zero attached hydrogens (tertiary/aromatic N) is 3. The van der Waals surface area contributed by atoms with Gasteiger partial charge in [0.05, 0.1) is 20.2 Å². The molecule has 0 radical (unpaired) electrons. The molecule has 0 amide bonds. The Bertz CT molecular complexity index is 576. The topological polar surface area (TPSA) is 97.6 Å². The SMILES string of the molecule is COc1cc(CN(C)Cc2noc(CN)n2)ccc1O.Cl. The first-order valence-electron chi connectivity index (χ1n) is 6.18. The smallest absolute Gasteiger partial charge is 0.240 e. The van der Waals surface area contributed by atoms with E-state index >= 15 is 0 Å². The Morgan fingerprint density at radius 2 is 2.14 bits per heavy atom. The van der Waals surface area contributed by atoms with E-state index in [1.165, 1.54) is 7.11 Å². The third kappa shape index (κ3) is 4.59. The molecular weight excluding hydrogens is 296 g/mol. The molecule has 1 heterocycles. The number of halogens is 1. The van der Waals surface area contributed by atoms with Crippen molar-refractivity contribution in [2.45, 2.75) is 19.6 Å². The average Bonchev–Trinajstić information content (AvgIpc) is 2.88. The predicted octanol–water partition coefficient (Wildman–Crippen LogP) is 1.30. The summed E-state index contributed by atoms with van der Waals surface area (Å²) in [7, 11) is 3.47. The van der Waals surface area contributed by atoms with Gasteiger partial charge in [-0.05, 0) is 24.7 Å². The Hall–Kier alpha value is -1.83. The van der Waals surface area contributed by atoms with Gasteiger partial charge in [0.1, 0.15) is 0 Å². The number of ether oxygens (including phenoxy) is 1. The summed E-state index contributed by atoms with van der Waals surface area (Å²) in [6, 6.07) is 5.26. The highest BCUT2D eigenvalue weighted by Gasteiger charge is 2.09. The van der Waals surface area contributed by atoms with E-state index in [1.54, 1.807) is 12.1 Å². The van der Waals surface area contributed by atoms with E-state index in [9.17, 15) is 5.11 Å². The molecule has 1 aromatic heterocycles. The number of phenolic OH excluding ortho intramolecular Hbond substituents is 1. The number of hydrogen-bond donors (Lipinski definition) is 2. The van der Waals surface area contributed by atoms with Crippen molar-refractivity contribution < 1.29 is 14.4 Å². The maximum atomic E-state index is 9.55. The molecule has 8 heteroatoms. The maximum Gasteiger partial charge on any atom is 0.240 e. The van der Waals surface area contributed by atoms with Crippen molar-refractivity contribution in [3.63, 3.8) is 0 Å². The molecule has 21 heavy (non-hydrogen) atoms. The number of nitrogens with two attached hydrogens (primary N) is 1. The van der Waals surface area contributed by atoms with E-state index in [4.69, 9.17) is 15.0 Å². The van der Waals surface area contributed by atoms with Crippen molar-refractivity contribution in [3.8, 4) is 11.5 Å². The van der Waals surface area contributed by atoms with Crippen LogP contribution < -0.4 is 10.5 Å².